The molecule has 0 unspecified atom stereocenters. The highest BCUT2D eigenvalue weighted by Crippen LogP contribution is 2.43. The number of ether oxygens (including phenoxy) is 1. The quantitative estimate of drug-likeness (QED) is 0.179. The first-order chi connectivity index (χ1) is 19.0. The largest absolute Gasteiger partial charge is 0.453 e. The Morgan fingerprint density at radius 2 is 1.68 bits per heavy atom. The van der Waals surface area contributed by atoms with Crippen LogP contribution in [-0.4, -0.2) is 10.2 Å². The number of benzene rings is 3. The molecule has 5 rings (SSSR count). The van der Waals surface area contributed by atoms with Crippen LogP contribution in [0.5, 0.6) is 11.5 Å². The zero-order valence-electron chi connectivity index (χ0n) is 19.7. The highest BCUT2D eigenvalue weighted by Gasteiger charge is 2.40. The Hall–Kier alpha value is -4.04. The summed E-state index contributed by atoms with van der Waals surface area (Å²) >= 11 is 18.2. The van der Waals surface area contributed by atoms with Crippen LogP contribution in [0.2, 0.25) is 15.1 Å². The minimum atomic E-state index is -4.89. The number of aromatic nitrogens is 2. The van der Waals surface area contributed by atoms with E-state index in [1.165, 1.54) is 42.5 Å². The van der Waals surface area contributed by atoms with E-state index in [1.54, 1.807) is 12.1 Å². The summed E-state index contributed by atoms with van der Waals surface area (Å²) in [5, 5.41) is 16.9. The van der Waals surface area contributed by atoms with Gasteiger partial charge in [0.05, 0.1) is 33.7 Å². The third-order valence-electron chi connectivity index (χ3n) is 5.52. The topological polar surface area (TPSA) is 85.1 Å². The summed E-state index contributed by atoms with van der Waals surface area (Å²) in [4.78, 5) is 0. The van der Waals surface area contributed by atoms with Crippen molar-refractivity contribution < 1.29 is 31.1 Å². The maximum atomic E-state index is 15.4. The Morgan fingerprint density at radius 1 is 0.900 bits per heavy atom. The highest BCUT2D eigenvalue weighted by molar-refractivity contribution is 6.33. The number of nitrogens with zero attached hydrogens (tertiary/aromatic N) is 3. The molecule has 0 amide bonds. The first-order valence-corrected chi connectivity index (χ1v) is 12.3. The molecule has 0 radical (unpaired) electrons. The summed E-state index contributed by atoms with van der Waals surface area (Å²) in [7, 11) is 0. The fourth-order valence-electron chi connectivity index (χ4n) is 3.76. The minimum absolute atomic E-state index is 0.00266. The van der Waals surface area contributed by atoms with Gasteiger partial charge in [-0.05, 0) is 42.5 Å². The molecular formula is C27H12Cl3F4N3O3. The monoisotopic (exact) mass is 607 g/mol. The molecule has 0 spiro atoms. The summed E-state index contributed by atoms with van der Waals surface area (Å²) in [6, 6.07) is 16.0. The van der Waals surface area contributed by atoms with Crippen molar-refractivity contribution in [3.8, 4) is 40.3 Å². The van der Waals surface area contributed by atoms with Crippen LogP contribution >= 0.6 is 34.8 Å². The molecule has 0 saturated carbocycles. The number of rotatable bonds is 6. The van der Waals surface area contributed by atoms with Gasteiger partial charge in [-0.25, -0.2) is 4.39 Å². The van der Waals surface area contributed by atoms with Crippen molar-refractivity contribution in [1.29, 1.82) is 5.26 Å². The predicted octanol–water partition coefficient (Wildman–Crippen LogP) is 9.37. The lowest BCUT2D eigenvalue weighted by Gasteiger charge is -2.11. The van der Waals surface area contributed by atoms with Crippen LogP contribution in [0, 0.1) is 17.1 Å². The Kier molecular flexibility index (Phi) is 7.47. The highest BCUT2D eigenvalue weighted by atomic mass is 35.5. The van der Waals surface area contributed by atoms with Gasteiger partial charge in [0.15, 0.2) is 11.6 Å². The van der Waals surface area contributed by atoms with E-state index in [2.05, 4.69) is 10.2 Å². The van der Waals surface area contributed by atoms with E-state index >= 15 is 4.39 Å². The molecule has 0 bridgehead atoms. The van der Waals surface area contributed by atoms with E-state index in [4.69, 9.17) is 53.6 Å². The van der Waals surface area contributed by atoms with Crippen molar-refractivity contribution in [1.82, 2.24) is 10.2 Å². The lowest BCUT2D eigenvalue weighted by molar-refractivity contribution is -0.152. The summed E-state index contributed by atoms with van der Waals surface area (Å²) in [5.74, 6) is -3.36. The lowest BCUT2D eigenvalue weighted by Crippen LogP contribution is -2.04. The fraction of sp³-hybridized carbons (Fsp3) is 0.0741. The number of hydrogen-bond donors (Lipinski definition) is 0. The maximum Gasteiger partial charge on any atom is 0.450 e. The lowest BCUT2D eigenvalue weighted by atomic mass is 10.1. The summed E-state index contributed by atoms with van der Waals surface area (Å²) < 4.78 is 72.9. The summed E-state index contributed by atoms with van der Waals surface area (Å²) in [5.41, 5.74) is -0.0880. The molecule has 202 valence electrons. The molecular weight excluding hydrogens is 597 g/mol. The molecule has 0 N–H and O–H groups in total. The Labute approximate surface area is 238 Å². The zero-order chi connectivity index (χ0) is 28.6. The molecule has 0 saturated heterocycles. The van der Waals surface area contributed by atoms with E-state index in [9.17, 15) is 13.2 Å². The van der Waals surface area contributed by atoms with Gasteiger partial charge < -0.3 is 13.6 Å². The molecule has 0 aliphatic carbocycles. The van der Waals surface area contributed by atoms with E-state index in [-0.39, 0.29) is 61.3 Å². The van der Waals surface area contributed by atoms with E-state index in [1.807, 2.05) is 6.07 Å². The second-order valence-electron chi connectivity index (χ2n) is 8.25. The van der Waals surface area contributed by atoms with E-state index < -0.39 is 29.2 Å². The van der Waals surface area contributed by atoms with Crippen LogP contribution in [0.15, 0.2) is 69.5 Å². The second kappa shape index (κ2) is 10.8. The number of furan rings is 1. The van der Waals surface area contributed by atoms with Crippen molar-refractivity contribution in [3.63, 3.8) is 0 Å². The zero-order valence-corrected chi connectivity index (χ0v) is 22.0. The van der Waals surface area contributed by atoms with Crippen molar-refractivity contribution >= 4 is 34.8 Å². The molecule has 40 heavy (non-hydrogen) atoms. The van der Waals surface area contributed by atoms with Gasteiger partial charge in [0.25, 0.3) is 5.89 Å². The van der Waals surface area contributed by atoms with Gasteiger partial charge in [-0.15, -0.1) is 10.2 Å². The van der Waals surface area contributed by atoms with Gasteiger partial charge in [-0.3, -0.25) is 0 Å². The van der Waals surface area contributed by atoms with Gasteiger partial charge >= 0.3 is 6.18 Å². The first kappa shape index (κ1) is 27.5. The molecule has 0 atom stereocenters. The Morgan fingerprint density at radius 3 is 2.40 bits per heavy atom. The van der Waals surface area contributed by atoms with Crippen LogP contribution in [-0.2, 0) is 12.6 Å². The third kappa shape index (κ3) is 5.63. The molecule has 3 aromatic carbocycles. The van der Waals surface area contributed by atoms with Crippen LogP contribution in [0.3, 0.4) is 0 Å². The fourth-order valence-corrected chi connectivity index (χ4v) is 4.40. The van der Waals surface area contributed by atoms with Crippen LogP contribution in [0.25, 0.3) is 22.8 Å². The normalized spacial score (nSPS) is 11.4. The average Bonchev–Trinajstić information content (AvgIpc) is 3.55. The van der Waals surface area contributed by atoms with Gasteiger partial charge in [-0.1, -0.05) is 53.0 Å². The number of hydrogen-bond acceptors (Lipinski definition) is 6. The number of nitriles is 1. The summed E-state index contributed by atoms with van der Waals surface area (Å²) in [6.45, 7) is 0. The maximum absolute atomic E-state index is 15.4. The second-order valence-corrected chi connectivity index (χ2v) is 9.50. The van der Waals surface area contributed by atoms with Gasteiger partial charge in [0, 0.05) is 16.1 Å². The molecule has 0 aliphatic rings. The molecule has 13 heteroatoms. The number of halogens is 7. The van der Waals surface area contributed by atoms with Crippen LogP contribution in [0.1, 0.15) is 22.8 Å². The minimum Gasteiger partial charge on any atom is -0.453 e. The standard InChI is InChI=1S/C27H12Cl3F4N3O3/c28-15-7-13(12-35)8-16(10-15)38-24-20(30)6-5-14(23(24)31)9-22-36-37-26(40-22)18-11-21(39-25(18)27(32,33)34)17-3-1-2-4-19(17)29/h1-8,10-11H,9H2. The number of alkyl halides is 3. The molecule has 0 aliphatic heterocycles. The van der Waals surface area contributed by atoms with Crippen molar-refractivity contribution in [3.05, 3.63) is 104 Å². The Bertz CT molecular complexity index is 1780. The SMILES string of the molecule is N#Cc1cc(Cl)cc(Oc2c(Cl)ccc(Cc3nnc(-c4cc(-c5ccccc5Cl)oc4C(F)(F)F)o3)c2F)c1. The third-order valence-corrected chi connectivity index (χ3v) is 6.36. The molecule has 5 aromatic rings. The molecule has 2 aromatic heterocycles. The van der Waals surface area contributed by atoms with E-state index in [0.29, 0.717) is 0 Å². The van der Waals surface area contributed by atoms with Crippen molar-refractivity contribution in [2.24, 2.45) is 0 Å². The van der Waals surface area contributed by atoms with Gasteiger partial charge in [-0.2, -0.15) is 18.4 Å². The summed E-state index contributed by atoms with van der Waals surface area (Å²) in [6.07, 6.45) is -5.19. The smallest absolute Gasteiger partial charge is 0.450 e. The first-order valence-electron chi connectivity index (χ1n) is 11.2. The van der Waals surface area contributed by atoms with Crippen molar-refractivity contribution in [2.45, 2.75) is 12.6 Å². The Balaban J connectivity index is 1.46. The molecule has 6 nitrogen and oxygen atoms in total. The molecule has 0 fully saturated rings. The molecule has 2 heterocycles. The average molecular weight is 609 g/mol. The van der Waals surface area contributed by atoms with Crippen LogP contribution < -0.4 is 4.74 Å². The van der Waals surface area contributed by atoms with E-state index in [0.717, 1.165) is 6.07 Å². The van der Waals surface area contributed by atoms with Crippen LogP contribution in [0.4, 0.5) is 17.6 Å². The van der Waals surface area contributed by atoms with Gasteiger partial charge in [0.2, 0.25) is 11.7 Å². The van der Waals surface area contributed by atoms with Crippen molar-refractivity contribution in [2.75, 3.05) is 0 Å². The predicted molar refractivity (Wildman–Crippen MR) is 138 cm³/mol. The van der Waals surface area contributed by atoms with Gasteiger partial charge in [0.1, 0.15) is 11.5 Å².